The molecule has 1 aliphatic rings. The van der Waals surface area contributed by atoms with Crippen LogP contribution >= 0.6 is 11.6 Å². The summed E-state index contributed by atoms with van der Waals surface area (Å²) in [6, 6.07) is 0.510. The number of aromatic nitrogens is 2. The molecule has 1 N–H and O–H groups in total. The topological polar surface area (TPSA) is 41.0 Å². The molecule has 15 heavy (non-hydrogen) atoms. The second-order valence-corrected chi connectivity index (χ2v) is 4.18. The third kappa shape index (κ3) is 2.38. The Morgan fingerprint density at radius 3 is 2.93 bits per heavy atom. The van der Waals surface area contributed by atoms with Gasteiger partial charge in [-0.1, -0.05) is 11.6 Å². The standard InChI is InChI=1S/C10H15ClN4/c1-12-7-9-3-2-4-15(9)10-13-5-8(11)6-14-10/h5-6,9,12H,2-4,7H2,1H3. The maximum atomic E-state index is 5.76. The van der Waals surface area contributed by atoms with Gasteiger partial charge in [0.2, 0.25) is 5.95 Å². The van der Waals surface area contributed by atoms with E-state index in [2.05, 4.69) is 20.2 Å². The third-order valence-corrected chi connectivity index (χ3v) is 2.88. The minimum Gasteiger partial charge on any atom is -0.337 e. The quantitative estimate of drug-likeness (QED) is 0.844. The van der Waals surface area contributed by atoms with Gasteiger partial charge in [0.05, 0.1) is 17.4 Å². The lowest BCUT2D eigenvalue weighted by atomic mass is 10.2. The van der Waals surface area contributed by atoms with Crippen molar-refractivity contribution in [2.75, 3.05) is 25.0 Å². The van der Waals surface area contributed by atoms with E-state index < -0.39 is 0 Å². The highest BCUT2D eigenvalue weighted by atomic mass is 35.5. The molecular formula is C10H15ClN4. The van der Waals surface area contributed by atoms with Gasteiger partial charge in [-0.15, -0.1) is 0 Å². The summed E-state index contributed by atoms with van der Waals surface area (Å²) >= 11 is 5.76. The van der Waals surface area contributed by atoms with E-state index in [-0.39, 0.29) is 0 Å². The molecule has 1 fully saturated rings. The maximum absolute atomic E-state index is 5.76. The van der Waals surface area contributed by atoms with E-state index in [9.17, 15) is 0 Å². The highest BCUT2D eigenvalue weighted by Crippen LogP contribution is 2.21. The zero-order valence-corrected chi connectivity index (χ0v) is 9.54. The Hall–Kier alpha value is -0.870. The monoisotopic (exact) mass is 226 g/mol. The van der Waals surface area contributed by atoms with E-state index in [1.54, 1.807) is 12.4 Å². The molecule has 0 radical (unpaired) electrons. The fourth-order valence-electron chi connectivity index (χ4n) is 2.00. The van der Waals surface area contributed by atoms with Gasteiger partial charge >= 0.3 is 0 Å². The van der Waals surface area contributed by atoms with Crippen molar-refractivity contribution in [3.8, 4) is 0 Å². The van der Waals surface area contributed by atoms with Crippen LogP contribution in [-0.4, -0.2) is 36.1 Å². The van der Waals surface area contributed by atoms with Gasteiger partial charge in [0.1, 0.15) is 0 Å². The van der Waals surface area contributed by atoms with Gasteiger partial charge in [-0.2, -0.15) is 0 Å². The molecule has 1 aliphatic heterocycles. The number of halogens is 1. The number of rotatable bonds is 3. The number of anilines is 1. The summed E-state index contributed by atoms with van der Waals surface area (Å²) in [5.74, 6) is 0.789. The predicted octanol–water partition coefficient (Wildman–Crippen LogP) is 1.32. The Kier molecular flexibility index (Phi) is 3.38. The summed E-state index contributed by atoms with van der Waals surface area (Å²) in [4.78, 5) is 10.7. The van der Waals surface area contributed by atoms with Gasteiger partial charge in [-0.3, -0.25) is 0 Å². The van der Waals surface area contributed by atoms with Crippen molar-refractivity contribution < 1.29 is 0 Å². The van der Waals surface area contributed by atoms with E-state index >= 15 is 0 Å². The van der Waals surface area contributed by atoms with Crippen LogP contribution in [0.25, 0.3) is 0 Å². The fraction of sp³-hybridized carbons (Fsp3) is 0.600. The first-order valence-corrected chi connectivity index (χ1v) is 5.58. The molecule has 5 heteroatoms. The summed E-state index contributed by atoms with van der Waals surface area (Å²) in [7, 11) is 1.97. The van der Waals surface area contributed by atoms with Crippen molar-refractivity contribution in [3.63, 3.8) is 0 Å². The number of hydrogen-bond acceptors (Lipinski definition) is 4. The smallest absolute Gasteiger partial charge is 0.225 e. The Labute approximate surface area is 94.7 Å². The molecule has 0 aromatic carbocycles. The normalized spacial score (nSPS) is 20.9. The first-order chi connectivity index (χ1) is 7.31. The zero-order valence-electron chi connectivity index (χ0n) is 8.78. The molecule has 2 heterocycles. The molecule has 1 aromatic rings. The first kappa shape index (κ1) is 10.6. The molecule has 1 atom stereocenters. The van der Waals surface area contributed by atoms with Crippen molar-refractivity contribution in [2.24, 2.45) is 0 Å². The number of nitrogens with zero attached hydrogens (tertiary/aromatic N) is 3. The summed E-state index contributed by atoms with van der Waals surface area (Å²) < 4.78 is 0. The lowest BCUT2D eigenvalue weighted by Crippen LogP contribution is -2.37. The molecule has 1 saturated heterocycles. The zero-order chi connectivity index (χ0) is 10.7. The Morgan fingerprint density at radius 1 is 1.53 bits per heavy atom. The minimum atomic E-state index is 0.510. The van der Waals surface area contributed by atoms with Crippen LogP contribution < -0.4 is 10.2 Å². The number of hydrogen-bond donors (Lipinski definition) is 1. The van der Waals surface area contributed by atoms with Crippen LogP contribution in [0.4, 0.5) is 5.95 Å². The fourth-order valence-corrected chi connectivity index (χ4v) is 2.10. The van der Waals surface area contributed by atoms with E-state index in [0.29, 0.717) is 11.1 Å². The molecule has 0 saturated carbocycles. The Balaban J connectivity index is 2.11. The van der Waals surface area contributed by atoms with Gasteiger partial charge in [-0.05, 0) is 19.9 Å². The SMILES string of the molecule is CNCC1CCCN1c1ncc(Cl)cn1. The molecule has 0 spiro atoms. The van der Waals surface area contributed by atoms with Crippen LogP contribution in [0.1, 0.15) is 12.8 Å². The maximum Gasteiger partial charge on any atom is 0.225 e. The van der Waals surface area contributed by atoms with Gasteiger partial charge in [0.15, 0.2) is 0 Å². The second kappa shape index (κ2) is 4.77. The van der Waals surface area contributed by atoms with E-state index in [1.165, 1.54) is 12.8 Å². The Morgan fingerprint density at radius 2 is 2.27 bits per heavy atom. The van der Waals surface area contributed by atoms with Gasteiger partial charge in [-0.25, -0.2) is 9.97 Å². The van der Waals surface area contributed by atoms with Crippen molar-refractivity contribution in [3.05, 3.63) is 17.4 Å². The van der Waals surface area contributed by atoms with Crippen LogP contribution in [0.5, 0.6) is 0 Å². The highest BCUT2D eigenvalue weighted by Gasteiger charge is 2.25. The molecule has 1 unspecified atom stereocenters. The van der Waals surface area contributed by atoms with Gasteiger partial charge in [0, 0.05) is 19.1 Å². The van der Waals surface area contributed by atoms with E-state index in [4.69, 9.17) is 11.6 Å². The van der Waals surface area contributed by atoms with Gasteiger partial charge < -0.3 is 10.2 Å². The number of nitrogens with one attached hydrogen (secondary N) is 1. The van der Waals surface area contributed by atoms with Crippen LogP contribution in [-0.2, 0) is 0 Å². The summed E-state index contributed by atoms with van der Waals surface area (Å²) in [6.45, 7) is 2.01. The van der Waals surface area contributed by atoms with Crippen molar-refractivity contribution in [2.45, 2.75) is 18.9 Å². The average Bonchev–Trinajstić information content (AvgIpc) is 2.68. The summed E-state index contributed by atoms with van der Waals surface area (Å²) in [6.07, 6.45) is 5.71. The number of likely N-dealkylation sites (N-methyl/N-ethyl adjacent to an activating group) is 1. The summed E-state index contributed by atoms with van der Waals surface area (Å²) in [5.41, 5.74) is 0. The average molecular weight is 227 g/mol. The molecule has 1 aromatic heterocycles. The molecular weight excluding hydrogens is 212 g/mol. The molecule has 0 amide bonds. The molecule has 82 valence electrons. The Bertz CT molecular complexity index is 314. The van der Waals surface area contributed by atoms with Crippen molar-refractivity contribution in [1.82, 2.24) is 15.3 Å². The molecule has 4 nitrogen and oxygen atoms in total. The van der Waals surface area contributed by atoms with E-state index in [0.717, 1.165) is 19.0 Å². The van der Waals surface area contributed by atoms with Crippen LogP contribution in [0.2, 0.25) is 5.02 Å². The third-order valence-electron chi connectivity index (χ3n) is 2.68. The molecule has 2 rings (SSSR count). The minimum absolute atomic E-state index is 0.510. The van der Waals surface area contributed by atoms with Gasteiger partial charge in [0.25, 0.3) is 0 Å². The second-order valence-electron chi connectivity index (χ2n) is 3.75. The molecule has 0 aliphatic carbocycles. The van der Waals surface area contributed by atoms with E-state index in [1.807, 2.05) is 7.05 Å². The van der Waals surface area contributed by atoms with Crippen LogP contribution in [0.15, 0.2) is 12.4 Å². The van der Waals surface area contributed by atoms with Crippen LogP contribution in [0, 0.1) is 0 Å². The van der Waals surface area contributed by atoms with Crippen LogP contribution in [0.3, 0.4) is 0 Å². The van der Waals surface area contributed by atoms with Crippen molar-refractivity contribution >= 4 is 17.5 Å². The molecule has 0 bridgehead atoms. The first-order valence-electron chi connectivity index (χ1n) is 5.20. The lowest BCUT2D eigenvalue weighted by molar-refractivity contribution is 0.607. The lowest BCUT2D eigenvalue weighted by Gasteiger charge is -2.24. The highest BCUT2D eigenvalue weighted by molar-refractivity contribution is 6.30. The largest absolute Gasteiger partial charge is 0.337 e. The predicted molar refractivity (Wildman–Crippen MR) is 61.3 cm³/mol. The van der Waals surface area contributed by atoms with Crippen molar-refractivity contribution in [1.29, 1.82) is 0 Å². The summed E-state index contributed by atoms with van der Waals surface area (Å²) in [5, 5.41) is 3.78.